The summed E-state index contributed by atoms with van der Waals surface area (Å²) in [5, 5.41) is 0. The molecule has 164 valence electrons. The van der Waals surface area contributed by atoms with Crippen molar-refractivity contribution in [2.24, 2.45) is 0 Å². The maximum atomic E-state index is 6.15. The number of halogens is 1. The van der Waals surface area contributed by atoms with Crippen molar-refractivity contribution in [1.82, 2.24) is 0 Å². The Balaban J connectivity index is 1.74. The van der Waals surface area contributed by atoms with E-state index >= 15 is 0 Å². The standard InChI is InChI=1S/C27H31BrO3/c1-19(2)30-24-13-14-25(28)23(17-24)12-10-21-11-15-26(31-20(3)4)27(16-21)29-18-22-8-6-5-7-9-22/h5-9,11,13-17,19-20H,10,12,18H2,1-4H3. The van der Waals surface area contributed by atoms with Gasteiger partial charge in [0.15, 0.2) is 11.5 Å². The molecular weight excluding hydrogens is 452 g/mol. The van der Waals surface area contributed by atoms with Crippen LogP contribution in [-0.4, -0.2) is 12.2 Å². The lowest BCUT2D eigenvalue weighted by molar-refractivity contribution is 0.218. The highest BCUT2D eigenvalue weighted by molar-refractivity contribution is 9.10. The normalized spacial score (nSPS) is 11.1. The van der Waals surface area contributed by atoms with Crippen LogP contribution >= 0.6 is 15.9 Å². The number of benzene rings is 3. The van der Waals surface area contributed by atoms with E-state index in [2.05, 4.69) is 52.3 Å². The van der Waals surface area contributed by atoms with Crippen molar-refractivity contribution in [3.63, 3.8) is 0 Å². The fourth-order valence-corrected chi connectivity index (χ4v) is 3.72. The Labute approximate surface area is 194 Å². The minimum absolute atomic E-state index is 0.0876. The number of ether oxygens (including phenoxy) is 3. The first kappa shape index (κ1) is 23.2. The van der Waals surface area contributed by atoms with Gasteiger partial charge in [-0.2, -0.15) is 0 Å². The van der Waals surface area contributed by atoms with Crippen LogP contribution in [0.3, 0.4) is 0 Å². The maximum Gasteiger partial charge on any atom is 0.161 e. The van der Waals surface area contributed by atoms with Gasteiger partial charge in [0.25, 0.3) is 0 Å². The van der Waals surface area contributed by atoms with Gasteiger partial charge in [0.1, 0.15) is 12.4 Å². The zero-order valence-electron chi connectivity index (χ0n) is 18.7. The molecule has 3 aromatic rings. The molecule has 0 bridgehead atoms. The monoisotopic (exact) mass is 482 g/mol. The van der Waals surface area contributed by atoms with Crippen LogP contribution in [0, 0.1) is 0 Å². The second kappa shape index (κ2) is 11.2. The molecule has 0 unspecified atom stereocenters. The lowest BCUT2D eigenvalue weighted by atomic mass is 10.0. The summed E-state index contributed by atoms with van der Waals surface area (Å²) in [4.78, 5) is 0. The molecule has 0 spiro atoms. The van der Waals surface area contributed by atoms with E-state index in [1.54, 1.807) is 0 Å². The predicted octanol–water partition coefficient (Wildman–Crippen LogP) is 7.39. The Morgan fingerprint density at radius 3 is 2.16 bits per heavy atom. The van der Waals surface area contributed by atoms with Crippen molar-refractivity contribution in [3.8, 4) is 17.2 Å². The quantitative estimate of drug-likeness (QED) is 0.301. The van der Waals surface area contributed by atoms with E-state index in [-0.39, 0.29) is 12.2 Å². The molecule has 0 atom stereocenters. The lowest BCUT2D eigenvalue weighted by Gasteiger charge is -2.17. The van der Waals surface area contributed by atoms with Crippen LogP contribution in [0.2, 0.25) is 0 Å². The average Bonchev–Trinajstić information content (AvgIpc) is 2.74. The van der Waals surface area contributed by atoms with Crippen molar-refractivity contribution < 1.29 is 14.2 Å². The zero-order chi connectivity index (χ0) is 22.2. The lowest BCUT2D eigenvalue weighted by Crippen LogP contribution is -2.08. The van der Waals surface area contributed by atoms with Gasteiger partial charge in [-0.25, -0.2) is 0 Å². The Morgan fingerprint density at radius 2 is 1.45 bits per heavy atom. The highest BCUT2D eigenvalue weighted by Crippen LogP contribution is 2.31. The van der Waals surface area contributed by atoms with Crippen LogP contribution in [0.1, 0.15) is 44.4 Å². The number of rotatable bonds is 10. The first-order chi connectivity index (χ1) is 14.9. The fourth-order valence-electron chi connectivity index (χ4n) is 3.27. The fraction of sp³-hybridized carbons (Fsp3) is 0.333. The summed E-state index contributed by atoms with van der Waals surface area (Å²) in [5.41, 5.74) is 3.57. The summed E-state index contributed by atoms with van der Waals surface area (Å²) < 4.78 is 19.1. The number of hydrogen-bond acceptors (Lipinski definition) is 3. The van der Waals surface area contributed by atoms with E-state index in [0.29, 0.717) is 6.61 Å². The summed E-state index contributed by atoms with van der Waals surface area (Å²) >= 11 is 3.67. The Bertz CT molecular complexity index is 967. The molecule has 0 N–H and O–H groups in total. The molecule has 3 rings (SSSR count). The van der Waals surface area contributed by atoms with Gasteiger partial charge in [0.2, 0.25) is 0 Å². The molecule has 0 saturated heterocycles. The molecule has 0 heterocycles. The smallest absolute Gasteiger partial charge is 0.161 e. The maximum absolute atomic E-state index is 6.15. The van der Waals surface area contributed by atoms with Gasteiger partial charge in [-0.3, -0.25) is 0 Å². The third kappa shape index (κ3) is 7.32. The van der Waals surface area contributed by atoms with Gasteiger partial charge in [-0.05, 0) is 87.6 Å². The van der Waals surface area contributed by atoms with Gasteiger partial charge < -0.3 is 14.2 Å². The molecule has 31 heavy (non-hydrogen) atoms. The van der Waals surface area contributed by atoms with Crippen molar-refractivity contribution in [1.29, 1.82) is 0 Å². The summed E-state index contributed by atoms with van der Waals surface area (Å²) in [6, 6.07) is 22.6. The van der Waals surface area contributed by atoms with E-state index in [9.17, 15) is 0 Å². The summed E-state index contributed by atoms with van der Waals surface area (Å²) in [7, 11) is 0. The number of hydrogen-bond donors (Lipinski definition) is 0. The minimum atomic E-state index is 0.0876. The Kier molecular flexibility index (Phi) is 8.42. The van der Waals surface area contributed by atoms with Crippen LogP contribution in [0.25, 0.3) is 0 Å². The van der Waals surface area contributed by atoms with Crippen LogP contribution in [0.5, 0.6) is 17.2 Å². The van der Waals surface area contributed by atoms with E-state index in [4.69, 9.17) is 14.2 Å². The second-order valence-corrected chi connectivity index (χ2v) is 9.00. The molecule has 3 nitrogen and oxygen atoms in total. The molecule has 0 amide bonds. The molecule has 0 aromatic heterocycles. The Morgan fingerprint density at radius 1 is 0.710 bits per heavy atom. The molecular formula is C27H31BrO3. The Hall–Kier alpha value is -2.46. The summed E-state index contributed by atoms with van der Waals surface area (Å²) in [6.07, 6.45) is 2.04. The molecule has 0 aliphatic carbocycles. The molecule has 0 radical (unpaired) electrons. The largest absolute Gasteiger partial charge is 0.491 e. The molecule has 3 aromatic carbocycles. The van der Waals surface area contributed by atoms with E-state index in [0.717, 1.165) is 40.1 Å². The van der Waals surface area contributed by atoms with Gasteiger partial charge >= 0.3 is 0 Å². The minimum Gasteiger partial charge on any atom is -0.491 e. The first-order valence-electron chi connectivity index (χ1n) is 10.8. The third-order valence-electron chi connectivity index (χ3n) is 4.68. The highest BCUT2D eigenvalue weighted by atomic mass is 79.9. The van der Waals surface area contributed by atoms with Crippen LogP contribution in [0.4, 0.5) is 0 Å². The summed E-state index contributed by atoms with van der Waals surface area (Å²) in [6.45, 7) is 8.65. The van der Waals surface area contributed by atoms with E-state index < -0.39 is 0 Å². The van der Waals surface area contributed by atoms with Crippen molar-refractivity contribution in [3.05, 3.63) is 87.9 Å². The molecule has 4 heteroatoms. The van der Waals surface area contributed by atoms with Crippen LogP contribution in [0.15, 0.2) is 71.2 Å². The van der Waals surface area contributed by atoms with Crippen molar-refractivity contribution >= 4 is 15.9 Å². The van der Waals surface area contributed by atoms with Crippen LogP contribution < -0.4 is 14.2 Å². The van der Waals surface area contributed by atoms with E-state index in [1.807, 2.05) is 58.0 Å². The van der Waals surface area contributed by atoms with Gasteiger partial charge in [0, 0.05) is 4.47 Å². The topological polar surface area (TPSA) is 27.7 Å². The molecule has 0 aliphatic rings. The van der Waals surface area contributed by atoms with Crippen molar-refractivity contribution in [2.45, 2.75) is 59.4 Å². The number of aryl methyl sites for hydroxylation is 2. The average molecular weight is 483 g/mol. The SMILES string of the molecule is CC(C)Oc1ccc(Br)c(CCc2ccc(OC(C)C)c(OCc3ccccc3)c2)c1. The van der Waals surface area contributed by atoms with Crippen LogP contribution in [-0.2, 0) is 19.4 Å². The van der Waals surface area contributed by atoms with E-state index in [1.165, 1.54) is 11.1 Å². The molecule has 0 fully saturated rings. The second-order valence-electron chi connectivity index (χ2n) is 8.14. The first-order valence-corrected chi connectivity index (χ1v) is 11.6. The zero-order valence-corrected chi connectivity index (χ0v) is 20.3. The summed E-state index contributed by atoms with van der Waals surface area (Å²) in [5.74, 6) is 2.47. The highest BCUT2D eigenvalue weighted by Gasteiger charge is 2.11. The van der Waals surface area contributed by atoms with Gasteiger partial charge in [-0.1, -0.05) is 52.3 Å². The predicted molar refractivity (Wildman–Crippen MR) is 130 cm³/mol. The third-order valence-corrected chi connectivity index (χ3v) is 5.45. The molecule has 0 aliphatic heterocycles. The van der Waals surface area contributed by atoms with Crippen molar-refractivity contribution in [2.75, 3.05) is 0 Å². The molecule has 0 saturated carbocycles. The van der Waals surface area contributed by atoms with Gasteiger partial charge in [-0.15, -0.1) is 0 Å². The van der Waals surface area contributed by atoms with Gasteiger partial charge in [0.05, 0.1) is 12.2 Å².